The lowest BCUT2D eigenvalue weighted by Crippen LogP contribution is -2.24. The maximum absolute atomic E-state index is 12.2. The summed E-state index contributed by atoms with van der Waals surface area (Å²) in [6.07, 6.45) is 0.167. The second kappa shape index (κ2) is 9.97. The molecule has 5 nitrogen and oxygen atoms in total. The quantitative estimate of drug-likeness (QED) is 0.549. The molecule has 2 aromatic carbocycles. The van der Waals surface area contributed by atoms with Crippen LogP contribution in [0.15, 0.2) is 53.9 Å². The number of carbonyl (C=O) groups excluding carboxylic acids is 1. The zero-order valence-electron chi connectivity index (χ0n) is 15.7. The fraction of sp³-hybridized carbons (Fsp3) is 0.238. The highest BCUT2D eigenvalue weighted by atomic mass is 32.1. The molecular weight excluding hydrogens is 398 g/mol. The van der Waals surface area contributed by atoms with Crippen LogP contribution in [0.4, 0.5) is 8.78 Å². The van der Waals surface area contributed by atoms with Gasteiger partial charge in [-0.3, -0.25) is 4.79 Å². The van der Waals surface area contributed by atoms with E-state index < -0.39 is 6.61 Å². The van der Waals surface area contributed by atoms with Crippen LogP contribution in [0.5, 0.6) is 11.5 Å². The fourth-order valence-electron chi connectivity index (χ4n) is 2.60. The van der Waals surface area contributed by atoms with Crippen molar-refractivity contribution in [2.75, 3.05) is 6.61 Å². The van der Waals surface area contributed by atoms with Gasteiger partial charge in [-0.15, -0.1) is 11.3 Å². The predicted octanol–water partition coefficient (Wildman–Crippen LogP) is 4.67. The Hall–Kier alpha value is -3.00. The number of aromatic nitrogens is 1. The largest absolute Gasteiger partial charge is 0.494 e. The van der Waals surface area contributed by atoms with Crippen molar-refractivity contribution in [1.82, 2.24) is 10.3 Å². The Kier molecular flexibility index (Phi) is 7.13. The first-order valence-corrected chi connectivity index (χ1v) is 9.89. The lowest BCUT2D eigenvalue weighted by molar-refractivity contribution is -0.120. The third-order valence-electron chi connectivity index (χ3n) is 3.94. The highest BCUT2D eigenvalue weighted by molar-refractivity contribution is 7.13. The second-order valence-electron chi connectivity index (χ2n) is 6.08. The number of carbonyl (C=O) groups is 1. The third-order valence-corrected chi connectivity index (χ3v) is 4.88. The summed E-state index contributed by atoms with van der Waals surface area (Å²) >= 11 is 1.48. The molecule has 29 heavy (non-hydrogen) atoms. The van der Waals surface area contributed by atoms with Crippen LogP contribution in [-0.2, 0) is 17.8 Å². The number of hydrogen-bond acceptors (Lipinski definition) is 5. The van der Waals surface area contributed by atoms with Gasteiger partial charge in [0.05, 0.1) is 18.7 Å². The van der Waals surface area contributed by atoms with Crippen LogP contribution in [0, 0.1) is 0 Å². The molecule has 0 saturated heterocycles. The summed E-state index contributed by atoms with van der Waals surface area (Å²) in [7, 11) is 0. The SMILES string of the molecule is CCOc1ccc(-c2nc(CC(=O)NCc3ccc(OC(F)F)cc3)cs2)cc1. The molecule has 3 rings (SSSR count). The van der Waals surface area contributed by atoms with E-state index in [9.17, 15) is 13.6 Å². The van der Waals surface area contributed by atoms with E-state index in [1.807, 2.05) is 36.6 Å². The van der Waals surface area contributed by atoms with Gasteiger partial charge in [0.1, 0.15) is 16.5 Å². The first kappa shape index (κ1) is 20.7. The van der Waals surface area contributed by atoms with Gasteiger partial charge in [-0.05, 0) is 48.9 Å². The van der Waals surface area contributed by atoms with Gasteiger partial charge < -0.3 is 14.8 Å². The molecule has 0 unspecified atom stereocenters. The van der Waals surface area contributed by atoms with E-state index in [1.54, 1.807) is 12.1 Å². The summed E-state index contributed by atoms with van der Waals surface area (Å²) in [6.45, 7) is -0.0120. The number of rotatable bonds is 9. The van der Waals surface area contributed by atoms with Crippen LogP contribution in [-0.4, -0.2) is 24.1 Å². The molecule has 8 heteroatoms. The lowest BCUT2D eigenvalue weighted by Gasteiger charge is -2.07. The first-order chi connectivity index (χ1) is 14.0. The van der Waals surface area contributed by atoms with Crippen molar-refractivity contribution in [1.29, 1.82) is 0 Å². The molecule has 1 N–H and O–H groups in total. The van der Waals surface area contributed by atoms with Gasteiger partial charge >= 0.3 is 6.61 Å². The van der Waals surface area contributed by atoms with E-state index in [0.29, 0.717) is 18.8 Å². The second-order valence-corrected chi connectivity index (χ2v) is 6.94. The molecule has 0 aliphatic carbocycles. The van der Waals surface area contributed by atoms with Gasteiger partial charge in [0, 0.05) is 17.5 Å². The van der Waals surface area contributed by atoms with Crippen LogP contribution in [0.25, 0.3) is 10.6 Å². The Morgan fingerprint density at radius 3 is 2.45 bits per heavy atom. The number of nitrogens with one attached hydrogen (secondary N) is 1. The number of hydrogen-bond donors (Lipinski definition) is 1. The highest BCUT2D eigenvalue weighted by Crippen LogP contribution is 2.26. The van der Waals surface area contributed by atoms with E-state index in [-0.39, 0.29) is 18.1 Å². The van der Waals surface area contributed by atoms with Crippen molar-refractivity contribution in [2.45, 2.75) is 26.5 Å². The molecule has 0 atom stereocenters. The summed E-state index contributed by atoms with van der Waals surface area (Å²) in [5.74, 6) is 0.724. The van der Waals surface area contributed by atoms with Crippen molar-refractivity contribution in [3.8, 4) is 22.1 Å². The van der Waals surface area contributed by atoms with Crippen LogP contribution < -0.4 is 14.8 Å². The summed E-state index contributed by atoms with van der Waals surface area (Å²) in [4.78, 5) is 16.7. The van der Waals surface area contributed by atoms with E-state index in [0.717, 1.165) is 21.9 Å². The van der Waals surface area contributed by atoms with Crippen molar-refractivity contribution in [2.24, 2.45) is 0 Å². The topological polar surface area (TPSA) is 60.5 Å². The number of thiazole rings is 1. The molecule has 0 fully saturated rings. The summed E-state index contributed by atoms with van der Waals surface area (Å²) in [5, 5.41) is 5.50. The summed E-state index contributed by atoms with van der Waals surface area (Å²) < 4.78 is 34.0. The zero-order chi connectivity index (χ0) is 20.6. The minimum Gasteiger partial charge on any atom is -0.494 e. The van der Waals surface area contributed by atoms with Crippen molar-refractivity contribution < 1.29 is 23.0 Å². The maximum Gasteiger partial charge on any atom is 0.387 e. The molecule has 1 heterocycles. The van der Waals surface area contributed by atoms with E-state index in [4.69, 9.17) is 4.74 Å². The monoisotopic (exact) mass is 418 g/mol. The van der Waals surface area contributed by atoms with Crippen LogP contribution >= 0.6 is 11.3 Å². The molecule has 0 saturated carbocycles. The molecule has 0 aliphatic heterocycles. The molecule has 0 bridgehead atoms. The minimum absolute atomic E-state index is 0.0827. The Bertz CT molecular complexity index is 928. The average molecular weight is 418 g/mol. The number of alkyl halides is 2. The van der Waals surface area contributed by atoms with Gasteiger partial charge in [0.2, 0.25) is 5.91 Å². The van der Waals surface area contributed by atoms with Crippen LogP contribution in [0.2, 0.25) is 0 Å². The van der Waals surface area contributed by atoms with Gasteiger partial charge in [-0.25, -0.2) is 4.98 Å². The normalized spacial score (nSPS) is 10.8. The Morgan fingerprint density at radius 1 is 1.10 bits per heavy atom. The Balaban J connectivity index is 1.51. The molecule has 0 aliphatic rings. The van der Waals surface area contributed by atoms with E-state index >= 15 is 0 Å². The lowest BCUT2D eigenvalue weighted by atomic mass is 10.2. The third kappa shape index (κ3) is 6.25. The summed E-state index contributed by atoms with van der Waals surface area (Å²) in [5.41, 5.74) is 2.45. The predicted molar refractivity (Wildman–Crippen MR) is 107 cm³/mol. The summed E-state index contributed by atoms with van der Waals surface area (Å²) in [6, 6.07) is 13.8. The molecule has 0 spiro atoms. The highest BCUT2D eigenvalue weighted by Gasteiger charge is 2.10. The van der Waals surface area contributed by atoms with E-state index in [2.05, 4.69) is 15.0 Å². The van der Waals surface area contributed by atoms with Crippen LogP contribution in [0.3, 0.4) is 0 Å². The zero-order valence-corrected chi connectivity index (χ0v) is 16.5. The van der Waals surface area contributed by atoms with Gasteiger partial charge in [0.25, 0.3) is 0 Å². The fourth-order valence-corrected chi connectivity index (χ4v) is 3.42. The number of ether oxygens (including phenoxy) is 2. The molecule has 3 aromatic rings. The average Bonchev–Trinajstić information content (AvgIpc) is 3.16. The Morgan fingerprint density at radius 2 is 1.79 bits per heavy atom. The van der Waals surface area contributed by atoms with Crippen molar-refractivity contribution >= 4 is 17.2 Å². The smallest absolute Gasteiger partial charge is 0.387 e. The van der Waals surface area contributed by atoms with Gasteiger partial charge in [-0.1, -0.05) is 12.1 Å². The first-order valence-electron chi connectivity index (χ1n) is 9.01. The van der Waals surface area contributed by atoms with Gasteiger partial charge in [-0.2, -0.15) is 8.78 Å². The van der Waals surface area contributed by atoms with Crippen molar-refractivity contribution in [3.63, 3.8) is 0 Å². The molecule has 0 radical (unpaired) electrons. The maximum atomic E-state index is 12.2. The number of nitrogens with zero attached hydrogens (tertiary/aromatic N) is 1. The molecule has 152 valence electrons. The standard InChI is InChI=1S/C21H20F2N2O3S/c1-2-27-17-9-5-15(6-10-17)20-25-16(13-29-20)11-19(26)24-12-14-3-7-18(8-4-14)28-21(22)23/h3-10,13,21H,2,11-12H2,1H3,(H,24,26). The van der Waals surface area contributed by atoms with E-state index in [1.165, 1.54) is 23.5 Å². The number of benzene rings is 2. The molecular formula is C21H20F2N2O3S. The molecule has 1 amide bonds. The number of halogens is 2. The minimum atomic E-state index is -2.86. The number of amides is 1. The van der Waals surface area contributed by atoms with Gasteiger partial charge in [0.15, 0.2) is 0 Å². The van der Waals surface area contributed by atoms with Crippen LogP contribution in [0.1, 0.15) is 18.2 Å². The molecule has 1 aromatic heterocycles. The van der Waals surface area contributed by atoms with Crippen molar-refractivity contribution in [3.05, 3.63) is 65.2 Å². The Labute approximate surface area is 171 Å².